The van der Waals surface area contributed by atoms with Crippen LogP contribution in [-0.2, 0) is 66.8 Å². The van der Waals surface area contributed by atoms with Gasteiger partial charge in [-0.3, -0.25) is 33.6 Å². The van der Waals surface area contributed by atoms with E-state index < -0.39 is 63.2 Å². The molecule has 120 heavy (non-hydrogen) atoms. The van der Waals surface area contributed by atoms with Gasteiger partial charge in [-0.25, -0.2) is 4.79 Å². The van der Waals surface area contributed by atoms with Gasteiger partial charge in [0.1, 0.15) is 50.9 Å². The summed E-state index contributed by atoms with van der Waals surface area (Å²) >= 11 is 0. The molecule has 22 heteroatoms. The lowest BCUT2D eigenvalue weighted by Gasteiger charge is -2.32. The first kappa shape index (κ1) is 108. The van der Waals surface area contributed by atoms with E-state index in [9.17, 15) is 59.2 Å². The van der Waals surface area contributed by atoms with Gasteiger partial charge in [-0.15, -0.1) is 0 Å². The normalized spacial score (nSPS) is 13.3. The van der Waals surface area contributed by atoms with E-state index in [1.54, 1.807) is 48.6 Å². The molecular weight excluding hydrogens is 1520 g/mol. The minimum atomic E-state index is -0.647. The van der Waals surface area contributed by atoms with E-state index in [1.807, 2.05) is 262 Å². The molecule has 0 aliphatic carbocycles. The van der Waals surface area contributed by atoms with Crippen LogP contribution < -0.4 is 15.6 Å². The number of nitriles is 3. The highest BCUT2D eigenvalue weighted by Gasteiger charge is 2.38. The Labute approximate surface area is 713 Å². The summed E-state index contributed by atoms with van der Waals surface area (Å²) in [5, 5.41) is 38.4. The summed E-state index contributed by atoms with van der Waals surface area (Å²) in [4.78, 5) is 95.1. The quantitative estimate of drug-likeness (QED) is 0.0209. The average Bonchev–Trinajstić information content (AvgIpc) is 0.808. The van der Waals surface area contributed by atoms with Crippen molar-refractivity contribution in [1.82, 2.24) is 6.15 Å². The molecule has 6 N–H and O–H groups in total. The smallest absolute Gasteiger partial charge is 0.330 e. The molecule has 6 aromatic carbocycles. The number of carbonyl (C=O) groups excluding carboxylic acids is 8. The van der Waals surface area contributed by atoms with Crippen LogP contribution in [0.4, 0.5) is 0 Å². The number of hydrogen-bond donors (Lipinski definition) is 2. The first-order valence-corrected chi connectivity index (χ1v) is 39.7. The third-order valence-electron chi connectivity index (χ3n) is 17.5. The van der Waals surface area contributed by atoms with E-state index in [2.05, 4.69) is 37.9 Å². The maximum atomic E-state index is 13.5. The Hall–Kier alpha value is -11.5. The number of phenolic OH excluding ortho intramolecular Hbond substituents is 1. The molecule has 0 spiro atoms. The fraction of sp³-hybridized carbons (Fsp3) is 0.459. The van der Waals surface area contributed by atoms with Crippen LogP contribution in [0, 0.1) is 45.8 Å². The van der Waals surface area contributed by atoms with Crippen molar-refractivity contribution in [2.24, 2.45) is 11.8 Å². The number of esters is 8. The predicted molar refractivity (Wildman–Crippen MR) is 470 cm³/mol. The number of rotatable bonds is 27. The number of phenols is 1. The van der Waals surface area contributed by atoms with E-state index in [0.29, 0.717) is 30.8 Å². The lowest BCUT2D eigenvalue weighted by Crippen LogP contribution is -2.34. The SMILES string of the molecule is C=CC(=O)OC(C)(C)C.C=Cc1ccc(C(C#N)CCC(=O)OC(C)(C)C)cc1.C=Cc1ccc(OC(C)=O)cc1.CC(=O)Oc1ccc(C(C)C(C(=O)OC(C)(C)C)C(C)c2ccc(C(C#N)CCC(=O)OC(C)(C)C)cc2)cc1.CC(c1ccc(O)cc1)C(C(=O)OC(C)(C)C)C(C)c1ccc(C(C#N)CCC(=O)OC(C)(C)C)cc1.N.O. The summed E-state index contributed by atoms with van der Waals surface area (Å²) in [5.41, 5.74) is 5.04. The Balaban J connectivity index is 0.00000161. The number of ether oxygens (including phenoxy) is 8. The van der Waals surface area contributed by atoms with Crippen LogP contribution >= 0.6 is 0 Å². The minimum Gasteiger partial charge on any atom is -0.508 e. The molecular formula is C98H132N4O18. The van der Waals surface area contributed by atoms with Crippen molar-refractivity contribution in [2.75, 3.05) is 0 Å². The highest BCUT2D eigenvalue weighted by Crippen LogP contribution is 2.41. The van der Waals surface area contributed by atoms with Gasteiger partial charge < -0.3 is 54.6 Å². The Morgan fingerprint density at radius 1 is 0.358 bits per heavy atom. The standard InChI is InChI=1S/C33H43NO6.C31H41NO5.C17H21NO2.C10H10O2.C7H12O2.H3N.H2O/c1-21(24-10-12-26(13-11-24)27(20-34)16-19-29(36)39-32(4,5)6)30(31(37)40-33(7,8)9)22(2)25-14-17-28(18-15-25)38-23(3)35;1-20(28(29(35)37-31(6,7)8)21(2)23-13-16-26(33)17-14-23)22-9-11-24(12-10-22)25(19-32)15-18-27(34)36-30(3,4)5;1-5-13-6-8-14(9-7-13)15(12-18)10-11-16(19)20-17(2,3)4;1-3-9-4-6-10(7-5-9)12-8(2)11;1-5-6(8)9-7(2,3)4;;/h10-15,17-18,21-22,27,30H,16,19H2,1-9H3;9-14,16-17,20-21,25,28,33H,15,18H2,1-8H3;5-9,15H,1,10-11H2,2-4H3;3-7H,1H2,2H3;5H,1H2,2-4H3;1H3;1H2. The molecule has 0 amide bonds. The largest absolute Gasteiger partial charge is 0.508 e. The lowest BCUT2D eigenvalue weighted by atomic mass is 9.76. The molecule has 0 radical (unpaired) electrons. The van der Waals surface area contributed by atoms with E-state index in [4.69, 9.17) is 37.9 Å². The zero-order chi connectivity index (χ0) is 89.9. The molecule has 0 aromatic heterocycles. The monoisotopic (exact) mass is 1650 g/mol. The van der Waals surface area contributed by atoms with Gasteiger partial charge in [0, 0.05) is 39.2 Å². The topological polar surface area (TPSA) is 368 Å². The van der Waals surface area contributed by atoms with Crippen molar-refractivity contribution < 1.29 is 86.8 Å². The number of aromatic hydroxyl groups is 1. The van der Waals surface area contributed by atoms with Gasteiger partial charge in [0.2, 0.25) is 0 Å². The maximum absolute atomic E-state index is 13.5. The van der Waals surface area contributed by atoms with E-state index in [0.717, 1.165) is 56.1 Å². The van der Waals surface area contributed by atoms with Crippen molar-refractivity contribution in [2.45, 2.75) is 280 Å². The second-order valence-corrected chi connectivity index (χ2v) is 34.8. The van der Waals surface area contributed by atoms with Gasteiger partial charge in [0.25, 0.3) is 0 Å². The van der Waals surface area contributed by atoms with Crippen LogP contribution in [0.1, 0.15) is 296 Å². The Bertz CT molecular complexity index is 4370. The van der Waals surface area contributed by atoms with E-state index >= 15 is 0 Å². The second kappa shape index (κ2) is 50.4. The first-order chi connectivity index (χ1) is 54.6. The van der Waals surface area contributed by atoms with Gasteiger partial charge in [0.05, 0.1) is 47.8 Å². The molecule has 0 aliphatic heterocycles. The molecule has 0 bridgehead atoms. The van der Waals surface area contributed by atoms with Crippen LogP contribution in [0.2, 0.25) is 0 Å². The Kier molecular flexibility index (Phi) is 45.6. The lowest BCUT2D eigenvalue weighted by molar-refractivity contribution is -0.162. The fourth-order valence-corrected chi connectivity index (χ4v) is 12.0. The van der Waals surface area contributed by atoms with Crippen molar-refractivity contribution in [3.05, 3.63) is 221 Å². The molecule has 9 atom stereocenters. The van der Waals surface area contributed by atoms with Crippen LogP contribution in [0.5, 0.6) is 17.2 Å². The summed E-state index contributed by atoms with van der Waals surface area (Å²) in [7, 11) is 0. The Morgan fingerprint density at radius 3 is 0.792 bits per heavy atom. The Morgan fingerprint density at radius 2 is 0.575 bits per heavy atom. The van der Waals surface area contributed by atoms with Crippen LogP contribution in [0.3, 0.4) is 0 Å². The van der Waals surface area contributed by atoms with Crippen molar-refractivity contribution >= 4 is 59.9 Å². The van der Waals surface area contributed by atoms with Crippen molar-refractivity contribution in [1.29, 1.82) is 15.8 Å². The van der Waals surface area contributed by atoms with Gasteiger partial charge in [0.15, 0.2) is 0 Å². The molecule has 6 aromatic rings. The van der Waals surface area contributed by atoms with Crippen LogP contribution in [0.25, 0.3) is 12.2 Å². The summed E-state index contributed by atoms with van der Waals surface area (Å²) in [6, 6.07) is 51.0. The second-order valence-electron chi connectivity index (χ2n) is 34.8. The summed E-state index contributed by atoms with van der Waals surface area (Å²) in [6.45, 7) is 54.2. The molecule has 0 saturated heterocycles. The maximum Gasteiger partial charge on any atom is 0.330 e. The van der Waals surface area contributed by atoms with Gasteiger partial charge in [-0.1, -0.05) is 169 Å². The van der Waals surface area contributed by atoms with Gasteiger partial charge >= 0.3 is 47.8 Å². The number of carbonyl (C=O) groups is 8. The van der Waals surface area contributed by atoms with Gasteiger partial charge in [-0.2, -0.15) is 15.8 Å². The molecule has 0 saturated carbocycles. The number of hydrogen-bond acceptors (Lipinski definition) is 21. The van der Waals surface area contributed by atoms with E-state index in [1.165, 1.54) is 13.8 Å². The molecule has 9 unspecified atom stereocenters. The molecule has 0 fully saturated rings. The van der Waals surface area contributed by atoms with Crippen LogP contribution in [-0.4, -0.2) is 91.9 Å². The summed E-state index contributed by atoms with van der Waals surface area (Å²) < 4.78 is 42.4. The zero-order valence-electron chi connectivity index (χ0n) is 75.2. The molecule has 6 rings (SSSR count). The fourth-order valence-electron chi connectivity index (χ4n) is 12.0. The highest BCUT2D eigenvalue weighted by molar-refractivity contribution is 5.81. The van der Waals surface area contributed by atoms with Gasteiger partial charge in [-0.05, 0) is 254 Å². The van der Waals surface area contributed by atoms with Crippen molar-refractivity contribution in [3.8, 4) is 35.5 Å². The minimum absolute atomic E-state index is 0. The first-order valence-electron chi connectivity index (χ1n) is 39.7. The molecule has 0 aliphatic rings. The van der Waals surface area contributed by atoms with Crippen LogP contribution in [0.15, 0.2) is 171 Å². The zero-order valence-corrected chi connectivity index (χ0v) is 75.2. The number of benzene rings is 6. The number of nitrogens with zero attached hydrogens (tertiary/aromatic N) is 3. The highest BCUT2D eigenvalue weighted by atomic mass is 16.6. The molecule has 0 heterocycles. The van der Waals surface area contributed by atoms with Crippen molar-refractivity contribution in [3.63, 3.8) is 0 Å². The third-order valence-corrected chi connectivity index (χ3v) is 17.5. The third kappa shape index (κ3) is 43.3. The molecule has 652 valence electrons. The average molecular weight is 1650 g/mol. The van der Waals surface area contributed by atoms with E-state index in [-0.39, 0.29) is 108 Å². The predicted octanol–water partition coefficient (Wildman–Crippen LogP) is 21.4. The summed E-state index contributed by atoms with van der Waals surface area (Å²) in [6.07, 6.45) is 6.42. The molecule has 22 nitrogen and oxygen atoms in total. The summed E-state index contributed by atoms with van der Waals surface area (Å²) in [5.74, 6) is -4.25.